The average molecular weight is 285 g/mol. The van der Waals surface area contributed by atoms with Crippen LogP contribution >= 0.6 is 0 Å². The number of aryl methyl sites for hydroxylation is 1. The van der Waals surface area contributed by atoms with Crippen molar-refractivity contribution in [2.24, 2.45) is 5.92 Å². The highest BCUT2D eigenvalue weighted by Gasteiger charge is 2.24. The molecule has 3 rings (SSSR count). The van der Waals surface area contributed by atoms with E-state index >= 15 is 0 Å². The molecule has 1 aliphatic carbocycles. The Labute approximate surface area is 122 Å². The van der Waals surface area contributed by atoms with E-state index in [-0.39, 0.29) is 23.4 Å². The minimum Gasteiger partial charge on any atom is -0.478 e. The number of fused-ring (bicyclic) bond motifs is 1. The maximum Gasteiger partial charge on any atom is 0.335 e. The van der Waals surface area contributed by atoms with Crippen LogP contribution in [0.4, 0.5) is 4.39 Å². The number of carboxylic acids is 1. The molecule has 2 unspecified atom stereocenters. The van der Waals surface area contributed by atoms with Crippen molar-refractivity contribution in [2.45, 2.75) is 19.9 Å². The number of allylic oxidation sites excluding steroid dienone is 4. The van der Waals surface area contributed by atoms with Gasteiger partial charge in [0, 0.05) is 23.0 Å². The third-order valence-corrected chi connectivity index (χ3v) is 4.11. The summed E-state index contributed by atoms with van der Waals surface area (Å²) in [5.41, 5.74) is 2.18. The number of benzene rings is 1. The van der Waals surface area contributed by atoms with Crippen LogP contribution in [0.5, 0.6) is 0 Å². The van der Waals surface area contributed by atoms with Gasteiger partial charge in [-0.3, -0.25) is 0 Å². The van der Waals surface area contributed by atoms with Gasteiger partial charge in [0.15, 0.2) is 0 Å². The standard InChI is InChI=1S/C17H16FNO2/c1-10-9-19(15-5-3-4-14(18)11(15)2)16-7-6-12(17(20)21)8-13(10)16/h3-9,11,15H,1-2H3,(H,20,21). The lowest BCUT2D eigenvalue weighted by Gasteiger charge is -2.24. The first-order chi connectivity index (χ1) is 9.99. The molecule has 0 aliphatic heterocycles. The summed E-state index contributed by atoms with van der Waals surface area (Å²) < 4.78 is 15.8. The SMILES string of the molecule is Cc1cn(C2C=CC=C(F)C2C)c2ccc(C(=O)O)cc12. The Kier molecular flexibility index (Phi) is 3.16. The summed E-state index contributed by atoms with van der Waals surface area (Å²) in [6.45, 7) is 3.79. The molecule has 1 aromatic heterocycles. The fourth-order valence-electron chi connectivity index (χ4n) is 2.88. The second-order valence-electron chi connectivity index (χ2n) is 5.47. The van der Waals surface area contributed by atoms with E-state index in [2.05, 4.69) is 0 Å². The molecule has 3 nitrogen and oxygen atoms in total. The lowest BCUT2D eigenvalue weighted by atomic mass is 9.95. The van der Waals surface area contributed by atoms with Crippen molar-refractivity contribution in [1.82, 2.24) is 4.57 Å². The topological polar surface area (TPSA) is 42.2 Å². The summed E-state index contributed by atoms with van der Waals surface area (Å²) in [6, 6.07) is 4.96. The van der Waals surface area contributed by atoms with Crippen molar-refractivity contribution in [3.05, 3.63) is 59.6 Å². The van der Waals surface area contributed by atoms with E-state index < -0.39 is 5.97 Å². The van der Waals surface area contributed by atoms with Gasteiger partial charge in [-0.05, 0) is 36.8 Å². The molecule has 0 radical (unpaired) electrons. The summed E-state index contributed by atoms with van der Waals surface area (Å²) >= 11 is 0. The van der Waals surface area contributed by atoms with Crippen LogP contribution in [-0.4, -0.2) is 15.6 Å². The molecule has 2 atom stereocenters. The predicted molar refractivity (Wildman–Crippen MR) is 80.2 cm³/mol. The number of rotatable bonds is 2. The average Bonchev–Trinajstić information content (AvgIpc) is 2.78. The van der Waals surface area contributed by atoms with Gasteiger partial charge in [-0.25, -0.2) is 9.18 Å². The highest BCUT2D eigenvalue weighted by molar-refractivity contribution is 5.95. The number of halogens is 1. The normalized spacial score (nSPS) is 21.6. The van der Waals surface area contributed by atoms with Crippen LogP contribution in [0.25, 0.3) is 10.9 Å². The first-order valence-electron chi connectivity index (χ1n) is 6.87. The zero-order chi connectivity index (χ0) is 15.1. The van der Waals surface area contributed by atoms with Gasteiger partial charge in [0.25, 0.3) is 0 Å². The number of aromatic nitrogens is 1. The Hall–Kier alpha value is -2.36. The summed E-state index contributed by atoms with van der Waals surface area (Å²) in [6.07, 6.45) is 7.15. The molecule has 2 aromatic rings. The van der Waals surface area contributed by atoms with Crippen LogP contribution < -0.4 is 0 Å². The van der Waals surface area contributed by atoms with Crippen molar-refractivity contribution in [2.75, 3.05) is 0 Å². The van der Waals surface area contributed by atoms with E-state index in [4.69, 9.17) is 5.11 Å². The maximum absolute atomic E-state index is 13.8. The minimum atomic E-state index is -0.941. The zero-order valence-electron chi connectivity index (χ0n) is 11.9. The van der Waals surface area contributed by atoms with Crippen molar-refractivity contribution in [3.63, 3.8) is 0 Å². The van der Waals surface area contributed by atoms with Gasteiger partial charge in [0.1, 0.15) is 5.83 Å². The van der Waals surface area contributed by atoms with Gasteiger partial charge in [0.05, 0.1) is 11.6 Å². The Bertz CT molecular complexity index is 785. The summed E-state index contributed by atoms with van der Waals surface area (Å²) in [7, 11) is 0. The minimum absolute atomic E-state index is 0.0955. The molecule has 1 N–H and O–H groups in total. The van der Waals surface area contributed by atoms with E-state index in [1.165, 1.54) is 6.08 Å². The zero-order valence-corrected chi connectivity index (χ0v) is 11.9. The Morgan fingerprint density at radius 1 is 1.38 bits per heavy atom. The first-order valence-corrected chi connectivity index (χ1v) is 6.87. The summed E-state index contributed by atoms with van der Waals surface area (Å²) in [4.78, 5) is 11.1. The molecule has 0 saturated heterocycles. The number of carboxylic acid groups (broad SMARTS) is 1. The van der Waals surface area contributed by atoms with E-state index in [0.717, 1.165) is 16.5 Å². The molecule has 4 heteroatoms. The number of nitrogens with zero attached hydrogens (tertiary/aromatic N) is 1. The Balaban J connectivity index is 2.15. The van der Waals surface area contributed by atoms with Crippen LogP contribution in [-0.2, 0) is 0 Å². The second-order valence-corrected chi connectivity index (χ2v) is 5.47. The molecule has 0 amide bonds. The fraction of sp³-hybridized carbons (Fsp3) is 0.235. The highest BCUT2D eigenvalue weighted by Crippen LogP contribution is 2.35. The van der Waals surface area contributed by atoms with Crippen LogP contribution in [0.3, 0.4) is 0 Å². The molecular formula is C17H16FNO2. The number of hydrogen-bond acceptors (Lipinski definition) is 1. The monoisotopic (exact) mass is 285 g/mol. The maximum atomic E-state index is 13.8. The van der Waals surface area contributed by atoms with Crippen molar-refractivity contribution in [1.29, 1.82) is 0 Å². The summed E-state index contributed by atoms with van der Waals surface area (Å²) in [5, 5.41) is 9.99. The third kappa shape index (κ3) is 2.17. The van der Waals surface area contributed by atoms with E-state index in [1.54, 1.807) is 24.3 Å². The molecular weight excluding hydrogens is 269 g/mol. The van der Waals surface area contributed by atoms with Crippen molar-refractivity contribution in [3.8, 4) is 0 Å². The largest absolute Gasteiger partial charge is 0.478 e. The van der Waals surface area contributed by atoms with E-state index in [1.807, 2.05) is 30.7 Å². The molecule has 1 aliphatic rings. The first kappa shape index (κ1) is 13.6. The van der Waals surface area contributed by atoms with Gasteiger partial charge in [0.2, 0.25) is 0 Å². The van der Waals surface area contributed by atoms with E-state index in [0.29, 0.717) is 0 Å². The quantitative estimate of drug-likeness (QED) is 0.896. The third-order valence-electron chi connectivity index (χ3n) is 4.11. The number of carbonyl (C=O) groups is 1. The molecule has 108 valence electrons. The molecule has 1 heterocycles. The van der Waals surface area contributed by atoms with Gasteiger partial charge < -0.3 is 9.67 Å². The van der Waals surface area contributed by atoms with Crippen LogP contribution in [0.1, 0.15) is 28.9 Å². The summed E-state index contributed by atoms with van der Waals surface area (Å²) in [5.74, 6) is -1.31. The molecule has 0 spiro atoms. The Morgan fingerprint density at radius 3 is 2.86 bits per heavy atom. The molecule has 21 heavy (non-hydrogen) atoms. The molecule has 1 aromatic carbocycles. The number of hydrogen-bond donors (Lipinski definition) is 1. The fourth-order valence-corrected chi connectivity index (χ4v) is 2.88. The van der Waals surface area contributed by atoms with E-state index in [9.17, 15) is 9.18 Å². The van der Waals surface area contributed by atoms with Gasteiger partial charge in [-0.2, -0.15) is 0 Å². The van der Waals surface area contributed by atoms with Crippen molar-refractivity contribution >= 4 is 16.9 Å². The molecule has 0 fully saturated rings. The molecule has 0 bridgehead atoms. The molecule has 0 saturated carbocycles. The van der Waals surface area contributed by atoms with Crippen LogP contribution in [0.2, 0.25) is 0 Å². The van der Waals surface area contributed by atoms with Crippen LogP contribution in [0.15, 0.2) is 48.5 Å². The lowest BCUT2D eigenvalue weighted by Crippen LogP contribution is -2.17. The van der Waals surface area contributed by atoms with Crippen molar-refractivity contribution < 1.29 is 14.3 Å². The highest BCUT2D eigenvalue weighted by atomic mass is 19.1. The van der Waals surface area contributed by atoms with Gasteiger partial charge in [-0.15, -0.1) is 0 Å². The van der Waals surface area contributed by atoms with Gasteiger partial charge >= 0.3 is 5.97 Å². The predicted octanol–water partition coefficient (Wildman–Crippen LogP) is 4.25. The second kappa shape index (κ2) is 4.88. The number of aromatic carboxylic acids is 1. The smallest absolute Gasteiger partial charge is 0.335 e. The van der Waals surface area contributed by atoms with Crippen LogP contribution in [0, 0.1) is 12.8 Å². The van der Waals surface area contributed by atoms with Gasteiger partial charge in [-0.1, -0.05) is 19.1 Å². The lowest BCUT2D eigenvalue weighted by molar-refractivity contribution is 0.0697. The Morgan fingerprint density at radius 2 is 2.14 bits per heavy atom.